The molecule has 1 aliphatic rings. The Morgan fingerprint density at radius 3 is 2.64 bits per heavy atom. The third kappa shape index (κ3) is 5.34. The molecule has 2 heterocycles. The summed E-state index contributed by atoms with van der Waals surface area (Å²) in [5.74, 6) is -0.397. The van der Waals surface area contributed by atoms with Crippen LogP contribution < -0.4 is 10.0 Å². The molecule has 36 heavy (non-hydrogen) atoms. The van der Waals surface area contributed by atoms with Gasteiger partial charge in [-0.3, -0.25) is 9.78 Å². The molecular weight excluding hydrogens is 480 g/mol. The predicted octanol–water partition coefficient (Wildman–Crippen LogP) is 3.94. The van der Waals surface area contributed by atoms with Gasteiger partial charge >= 0.3 is 6.09 Å². The van der Waals surface area contributed by atoms with Gasteiger partial charge in [-0.25, -0.2) is 17.9 Å². The van der Waals surface area contributed by atoms with Gasteiger partial charge in [-0.1, -0.05) is 25.1 Å². The predicted molar refractivity (Wildman–Crippen MR) is 137 cm³/mol. The zero-order valence-electron chi connectivity index (χ0n) is 20.5. The van der Waals surface area contributed by atoms with Crippen LogP contribution >= 0.6 is 0 Å². The number of anilines is 1. The van der Waals surface area contributed by atoms with Crippen molar-refractivity contribution >= 4 is 38.6 Å². The Bertz CT molecular complexity index is 1390. The maximum atomic E-state index is 13.4. The second kappa shape index (κ2) is 10.6. The monoisotopic (exact) mass is 510 g/mol. The minimum atomic E-state index is -3.91. The highest BCUT2D eigenvalue weighted by Gasteiger charge is 2.33. The summed E-state index contributed by atoms with van der Waals surface area (Å²) in [7, 11) is -3.91. The fourth-order valence-electron chi connectivity index (χ4n) is 4.46. The lowest BCUT2D eigenvalue weighted by molar-refractivity contribution is 0.0846. The fourth-order valence-corrected chi connectivity index (χ4v) is 6.04. The molecule has 1 aliphatic heterocycles. The first kappa shape index (κ1) is 25.6. The van der Waals surface area contributed by atoms with Crippen molar-refractivity contribution in [3.63, 3.8) is 0 Å². The van der Waals surface area contributed by atoms with Crippen molar-refractivity contribution < 1.29 is 22.7 Å². The quantitative estimate of drug-likeness (QED) is 0.519. The van der Waals surface area contributed by atoms with E-state index >= 15 is 0 Å². The van der Waals surface area contributed by atoms with E-state index in [9.17, 15) is 18.0 Å². The van der Waals surface area contributed by atoms with Gasteiger partial charge < -0.3 is 15.0 Å². The number of fused-ring (bicyclic) bond motifs is 1. The van der Waals surface area contributed by atoms with Crippen molar-refractivity contribution in [3.8, 4) is 0 Å². The third-order valence-corrected chi connectivity index (χ3v) is 7.94. The Morgan fingerprint density at radius 1 is 1.14 bits per heavy atom. The molecule has 0 spiro atoms. The molecule has 1 aromatic heterocycles. The summed E-state index contributed by atoms with van der Waals surface area (Å²) in [4.78, 5) is 31.0. The smallest absolute Gasteiger partial charge is 0.409 e. The Morgan fingerprint density at radius 2 is 1.92 bits per heavy atom. The number of hydrogen-bond acceptors (Lipinski definition) is 6. The highest BCUT2D eigenvalue weighted by molar-refractivity contribution is 7.89. The Kier molecular flexibility index (Phi) is 7.56. The van der Waals surface area contributed by atoms with Crippen LogP contribution in [0.1, 0.15) is 36.2 Å². The molecule has 10 heteroatoms. The molecule has 0 unspecified atom stereocenters. The van der Waals surface area contributed by atoms with E-state index < -0.39 is 10.0 Å². The number of pyridine rings is 1. The highest BCUT2D eigenvalue weighted by atomic mass is 32.2. The van der Waals surface area contributed by atoms with Gasteiger partial charge in [-0.05, 0) is 62.1 Å². The maximum absolute atomic E-state index is 13.4. The van der Waals surface area contributed by atoms with E-state index in [1.165, 1.54) is 6.07 Å². The maximum Gasteiger partial charge on any atom is 0.409 e. The standard InChI is InChI=1S/C26H30N4O5S/c1-4-35-26(32)30-15-13-21(18(3)16-30)29-36(33,34)23-12-11-22(24-20(23)10-7-14-27-24)28-25(31)19-9-6-5-8-17(19)2/h5-12,14,18,21,29H,4,13,15-16H2,1-3H3,(H,28,31)/t18-,21+/m1/s1. The van der Waals surface area contributed by atoms with Gasteiger partial charge in [-0.15, -0.1) is 0 Å². The molecule has 2 N–H and O–H groups in total. The number of rotatable bonds is 6. The number of likely N-dealkylation sites (tertiary alicyclic amines) is 1. The first-order valence-corrected chi connectivity index (χ1v) is 13.4. The number of benzene rings is 2. The van der Waals surface area contributed by atoms with E-state index in [4.69, 9.17) is 4.74 Å². The normalized spacial score (nSPS) is 18.1. The number of ether oxygens (including phenoxy) is 1. The van der Waals surface area contributed by atoms with Gasteiger partial charge in [0.1, 0.15) is 0 Å². The zero-order chi connectivity index (χ0) is 25.9. The molecule has 1 fully saturated rings. The minimum Gasteiger partial charge on any atom is -0.450 e. The molecule has 0 bridgehead atoms. The first-order chi connectivity index (χ1) is 17.2. The van der Waals surface area contributed by atoms with Gasteiger partial charge in [0.15, 0.2) is 0 Å². The van der Waals surface area contributed by atoms with Gasteiger partial charge in [0.2, 0.25) is 10.0 Å². The number of aromatic nitrogens is 1. The number of sulfonamides is 1. The molecule has 3 aromatic rings. The molecule has 1 saturated heterocycles. The van der Waals surface area contributed by atoms with Crippen LogP contribution in [0.5, 0.6) is 0 Å². The SMILES string of the molecule is CCOC(=O)N1CC[C@H](NS(=O)(=O)c2ccc(NC(=O)c3ccccc3C)c3ncccc23)[C@H](C)C1. The van der Waals surface area contributed by atoms with Crippen LogP contribution in [0.3, 0.4) is 0 Å². The minimum absolute atomic E-state index is 0.0829. The molecule has 2 aromatic carbocycles. The lowest BCUT2D eigenvalue weighted by Gasteiger charge is -2.36. The second-order valence-electron chi connectivity index (χ2n) is 8.92. The molecular formula is C26H30N4O5S. The molecule has 2 amide bonds. The number of nitrogens with zero attached hydrogens (tertiary/aromatic N) is 2. The van der Waals surface area contributed by atoms with E-state index in [1.54, 1.807) is 48.4 Å². The van der Waals surface area contributed by atoms with Crippen LogP contribution in [-0.4, -0.2) is 56.0 Å². The molecule has 4 rings (SSSR count). The lowest BCUT2D eigenvalue weighted by Crippen LogP contribution is -2.51. The summed E-state index contributed by atoms with van der Waals surface area (Å²) in [6, 6.07) is 13.3. The van der Waals surface area contributed by atoms with E-state index in [0.717, 1.165) is 5.56 Å². The number of hydrogen-bond donors (Lipinski definition) is 2. The van der Waals surface area contributed by atoms with Crippen molar-refractivity contribution in [1.29, 1.82) is 0 Å². The van der Waals surface area contributed by atoms with Gasteiger partial charge in [0.25, 0.3) is 5.91 Å². The number of carbonyl (C=O) groups is 2. The largest absolute Gasteiger partial charge is 0.450 e. The summed E-state index contributed by atoms with van der Waals surface area (Å²) in [5.41, 5.74) is 2.17. The molecule has 0 radical (unpaired) electrons. The van der Waals surface area contributed by atoms with Crippen molar-refractivity contribution in [2.45, 2.75) is 38.1 Å². The van der Waals surface area contributed by atoms with E-state index in [0.29, 0.717) is 48.3 Å². The average molecular weight is 511 g/mol. The topological polar surface area (TPSA) is 118 Å². The van der Waals surface area contributed by atoms with Crippen molar-refractivity contribution in [1.82, 2.24) is 14.6 Å². The number of piperidine rings is 1. The summed E-state index contributed by atoms with van der Waals surface area (Å²) in [6.07, 6.45) is 1.65. The van der Waals surface area contributed by atoms with Crippen LogP contribution in [0.2, 0.25) is 0 Å². The molecule has 0 aliphatic carbocycles. The molecule has 0 saturated carbocycles. The van der Waals surface area contributed by atoms with Crippen LogP contribution in [0, 0.1) is 12.8 Å². The summed E-state index contributed by atoms with van der Waals surface area (Å²) in [5, 5.41) is 3.28. The number of carbonyl (C=O) groups excluding carboxylic acids is 2. The van der Waals surface area contributed by atoms with Crippen LogP contribution in [0.15, 0.2) is 59.6 Å². The van der Waals surface area contributed by atoms with E-state index in [2.05, 4.69) is 15.0 Å². The van der Waals surface area contributed by atoms with Gasteiger partial charge in [-0.2, -0.15) is 0 Å². The van der Waals surface area contributed by atoms with Crippen molar-refractivity contribution in [2.75, 3.05) is 25.0 Å². The van der Waals surface area contributed by atoms with Crippen LogP contribution in [0.4, 0.5) is 10.5 Å². The summed E-state index contributed by atoms with van der Waals surface area (Å²) >= 11 is 0. The van der Waals surface area contributed by atoms with Crippen LogP contribution in [0.25, 0.3) is 10.9 Å². The Hall–Kier alpha value is -3.50. The van der Waals surface area contributed by atoms with Crippen molar-refractivity contribution in [3.05, 3.63) is 65.9 Å². The fraction of sp³-hybridized carbons (Fsp3) is 0.346. The highest BCUT2D eigenvalue weighted by Crippen LogP contribution is 2.29. The average Bonchev–Trinajstić information content (AvgIpc) is 2.85. The first-order valence-electron chi connectivity index (χ1n) is 11.9. The van der Waals surface area contributed by atoms with Gasteiger partial charge in [0, 0.05) is 36.3 Å². The molecule has 9 nitrogen and oxygen atoms in total. The van der Waals surface area contributed by atoms with Crippen LogP contribution in [-0.2, 0) is 14.8 Å². The number of nitrogens with one attached hydrogen (secondary N) is 2. The summed E-state index contributed by atoms with van der Waals surface area (Å²) in [6.45, 7) is 6.61. The number of amides is 2. The zero-order valence-corrected chi connectivity index (χ0v) is 21.3. The Balaban J connectivity index is 1.57. The molecule has 190 valence electrons. The van der Waals surface area contributed by atoms with Crippen molar-refractivity contribution in [2.24, 2.45) is 5.92 Å². The number of aryl methyl sites for hydroxylation is 1. The summed E-state index contributed by atoms with van der Waals surface area (Å²) < 4.78 is 34.8. The van der Waals surface area contributed by atoms with E-state index in [-0.39, 0.29) is 28.9 Å². The Labute approximate surface area is 210 Å². The lowest BCUT2D eigenvalue weighted by atomic mass is 9.95. The third-order valence-electron chi connectivity index (χ3n) is 6.39. The second-order valence-corrected chi connectivity index (χ2v) is 10.6. The molecule has 2 atom stereocenters. The van der Waals surface area contributed by atoms with E-state index in [1.807, 2.05) is 26.0 Å². The van der Waals surface area contributed by atoms with Gasteiger partial charge in [0.05, 0.1) is 22.7 Å².